The Hall–Kier alpha value is -3.67. The summed E-state index contributed by atoms with van der Waals surface area (Å²) in [7, 11) is 1.62. The van der Waals surface area contributed by atoms with E-state index in [1.54, 1.807) is 7.11 Å². The normalized spacial score (nSPS) is 11.1. The van der Waals surface area contributed by atoms with Crippen LogP contribution in [-0.2, 0) is 17.8 Å². The van der Waals surface area contributed by atoms with E-state index in [1.807, 2.05) is 42.5 Å². The molecule has 0 aliphatic heterocycles. The van der Waals surface area contributed by atoms with Crippen LogP contribution in [0.2, 0.25) is 0 Å². The van der Waals surface area contributed by atoms with Crippen LogP contribution in [-0.4, -0.2) is 28.8 Å². The zero-order valence-corrected chi connectivity index (χ0v) is 19.8. The predicted molar refractivity (Wildman–Crippen MR) is 135 cm³/mol. The molecule has 0 unspecified atom stereocenters. The summed E-state index contributed by atoms with van der Waals surface area (Å²) in [6, 6.07) is 17.3. The lowest BCUT2D eigenvalue weighted by molar-refractivity contribution is -0.121. The van der Waals surface area contributed by atoms with Gasteiger partial charge in [0, 0.05) is 46.9 Å². The highest BCUT2D eigenvalue weighted by Gasteiger charge is 2.13. The van der Waals surface area contributed by atoms with Crippen LogP contribution in [0.1, 0.15) is 60.6 Å². The van der Waals surface area contributed by atoms with Crippen LogP contribution in [0.15, 0.2) is 54.6 Å². The molecule has 34 heavy (non-hydrogen) atoms. The summed E-state index contributed by atoms with van der Waals surface area (Å²) < 4.78 is 5.14. The molecule has 176 valence electrons. The molecule has 0 saturated carbocycles. The molecule has 1 amide bonds. The van der Waals surface area contributed by atoms with Gasteiger partial charge in [0.05, 0.1) is 7.11 Å². The lowest BCUT2D eigenvalue weighted by Crippen LogP contribution is -2.23. The number of aromatic nitrogens is 2. The summed E-state index contributed by atoms with van der Waals surface area (Å²) in [4.78, 5) is 33.2. The second kappa shape index (κ2) is 11.0. The fourth-order valence-electron chi connectivity index (χ4n) is 4.09. The zero-order valence-electron chi connectivity index (χ0n) is 19.8. The maximum Gasteiger partial charge on any atom is 0.220 e. The quantitative estimate of drug-likeness (QED) is 0.222. The molecule has 4 rings (SSSR count). The molecule has 6 heteroatoms. The van der Waals surface area contributed by atoms with E-state index in [4.69, 9.17) is 9.72 Å². The van der Waals surface area contributed by atoms with Crippen LogP contribution in [0.3, 0.4) is 0 Å². The number of H-pyrrole nitrogens is 1. The Morgan fingerprint density at radius 1 is 0.971 bits per heavy atom. The van der Waals surface area contributed by atoms with Crippen LogP contribution in [0.4, 0.5) is 0 Å². The molecule has 0 aliphatic carbocycles. The van der Waals surface area contributed by atoms with Gasteiger partial charge < -0.3 is 15.0 Å². The van der Waals surface area contributed by atoms with Crippen LogP contribution >= 0.6 is 0 Å². The molecule has 0 atom stereocenters. The Morgan fingerprint density at radius 2 is 1.79 bits per heavy atom. The fourth-order valence-corrected chi connectivity index (χ4v) is 4.09. The number of carbonyl (C=O) groups is 2. The number of unbranched alkanes of at least 4 members (excludes halogenated alkanes) is 2. The summed E-state index contributed by atoms with van der Waals surface area (Å²) in [5, 5.41) is 4.87. The summed E-state index contributed by atoms with van der Waals surface area (Å²) in [6.07, 6.45) is 4.84. The lowest BCUT2D eigenvalue weighted by atomic mass is 10.0. The van der Waals surface area contributed by atoms with E-state index in [2.05, 4.69) is 29.4 Å². The highest BCUT2D eigenvalue weighted by atomic mass is 16.5. The number of ether oxygens (including phenoxy) is 1. The van der Waals surface area contributed by atoms with Crippen LogP contribution < -0.4 is 10.1 Å². The number of carbonyl (C=O) groups excluding carboxylic acids is 2. The molecular weight excluding hydrogens is 426 g/mol. The molecule has 0 spiro atoms. The molecule has 2 aromatic heterocycles. The first-order valence-corrected chi connectivity index (χ1v) is 11.9. The third-order valence-electron chi connectivity index (χ3n) is 6.10. The fraction of sp³-hybridized carbons (Fsp3) is 0.321. The molecule has 0 bridgehead atoms. The molecule has 0 saturated heterocycles. The van der Waals surface area contributed by atoms with Gasteiger partial charge >= 0.3 is 0 Å². The van der Waals surface area contributed by atoms with Crippen molar-refractivity contribution in [2.24, 2.45) is 0 Å². The number of aromatic amines is 1. The lowest BCUT2D eigenvalue weighted by Gasteiger charge is -2.06. The molecule has 6 nitrogen and oxygen atoms in total. The van der Waals surface area contributed by atoms with Crippen molar-refractivity contribution in [2.45, 2.75) is 52.0 Å². The minimum absolute atomic E-state index is 0.0417. The number of nitrogens with one attached hydrogen (secondary N) is 2. The Kier molecular flexibility index (Phi) is 7.58. The van der Waals surface area contributed by atoms with Gasteiger partial charge in [-0.3, -0.25) is 9.59 Å². The van der Waals surface area contributed by atoms with Crippen molar-refractivity contribution in [1.29, 1.82) is 0 Å². The molecule has 0 aliphatic rings. The highest BCUT2D eigenvalue weighted by molar-refractivity contribution is 6.09. The SMILES string of the molecule is CCCCCc1ccc2c(n1)[nH]c1ccc(C(=O)CCC(=O)NCc3ccc(OC)cc3)cc12. The summed E-state index contributed by atoms with van der Waals surface area (Å²) >= 11 is 0. The maximum absolute atomic E-state index is 12.8. The van der Waals surface area contributed by atoms with E-state index in [-0.39, 0.29) is 24.5 Å². The van der Waals surface area contributed by atoms with Crippen molar-refractivity contribution < 1.29 is 14.3 Å². The van der Waals surface area contributed by atoms with Crippen molar-refractivity contribution in [2.75, 3.05) is 7.11 Å². The number of fused-ring (bicyclic) bond motifs is 3. The number of pyridine rings is 1. The number of aryl methyl sites for hydroxylation is 1. The van der Waals surface area contributed by atoms with E-state index < -0.39 is 0 Å². The molecule has 4 aromatic rings. The third kappa shape index (κ3) is 5.63. The first-order valence-electron chi connectivity index (χ1n) is 11.9. The van der Waals surface area contributed by atoms with Gasteiger partial charge in [0.15, 0.2) is 5.78 Å². The smallest absolute Gasteiger partial charge is 0.220 e. The Labute approximate surface area is 199 Å². The van der Waals surface area contributed by atoms with Gasteiger partial charge in [-0.1, -0.05) is 31.9 Å². The molecule has 2 aromatic carbocycles. The minimum Gasteiger partial charge on any atom is -0.497 e. The number of nitrogens with zero attached hydrogens (tertiary/aromatic N) is 1. The number of ketones is 1. The Bertz CT molecular complexity index is 1290. The Morgan fingerprint density at radius 3 is 2.56 bits per heavy atom. The molecule has 2 heterocycles. The largest absolute Gasteiger partial charge is 0.497 e. The van der Waals surface area contributed by atoms with E-state index in [1.165, 1.54) is 12.8 Å². The van der Waals surface area contributed by atoms with Gasteiger partial charge in [0.1, 0.15) is 11.4 Å². The highest BCUT2D eigenvalue weighted by Crippen LogP contribution is 2.26. The molecule has 0 radical (unpaired) electrons. The van der Waals surface area contributed by atoms with E-state index >= 15 is 0 Å². The van der Waals surface area contributed by atoms with Gasteiger partial charge in [-0.05, 0) is 60.9 Å². The van der Waals surface area contributed by atoms with Crippen LogP contribution in [0, 0.1) is 0 Å². The zero-order chi connectivity index (χ0) is 23.9. The average Bonchev–Trinajstić information content (AvgIpc) is 3.23. The minimum atomic E-state index is -0.142. The number of Topliss-reactive ketones (excluding diaryl/α,β-unsaturated/α-hetero) is 1. The summed E-state index contributed by atoms with van der Waals surface area (Å²) in [5.74, 6) is 0.591. The maximum atomic E-state index is 12.8. The van der Waals surface area contributed by atoms with Gasteiger partial charge in [-0.2, -0.15) is 0 Å². The third-order valence-corrected chi connectivity index (χ3v) is 6.10. The van der Waals surface area contributed by atoms with Gasteiger partial charge in [0.25, 0.3) is 0 Å². The number of benzene rings is 2. The molecule has 0 fully saturated rings. The Balaban J connectivity index is 1.36. The number of hydrogen-bond acceptors (Lipinski definition) is 4. The van der Waals surface area contributed by atoms with Crippen molar-refractivity contribution in [1.82, 2.24) is 15.3 Å². The topological polar surface area (TPSA) is 84.1 Å². The van der Waals surface area contributed by atoms with Crippen LogP contribution in [0.5, 0.6) is 5.75 Å². The van der Waals surface area contributed by atoms with Crippen molar-refractivity contribution >= 4 is 33.6 Å². The summed E-state index contributed by atoms with van der Waals surface area (Å²) in [5.41, 5.74) is 4.49. The predicted octanol–water partition coefficient (Wildman–Crippen LogP) is 5.74. The second-order valence-electron chi connectivity index (χ2n) is 8.59. The van der Waals surface area contributed by atoms with E-state index in [0.29, 0.717) is 12.1 Å². The number of amides is 1. The monoisotopic (exact) mass is 457 g/mol. The summed E-state index contributed by atoms with van der Waals surface area (Å²) in [6.45, 7) is 2.62. The molecule has 2 N–H and O–H groups in total. The standard InChI is InChI=1S/C28H31N3O3/c1-3-4-5-6-21-10-13-23-24-17-20(9-14-25(24)31-28(23)30-21)26(32)15-16-27(33)29-18-19-7-11-22(34-2)12-8-19/h7-14,17H,3-6,15-16,18H2,1-2H3,(H,29,33)(H,30,31). The van der Waals surface area contributed by atoms with E-state index in [0.717, 1.165) is 51.8 Å². The van der Waals surface area contributed by atoms with Crippen LogP contribution in [0.25, 0.3) is 21.9 Å². The van der Waals surface area contributed by atoms with Crippen molar-refractivity contribution in [3.05, 3.63) is 71.4 Å². The van der Waals surface area contributed by atoms with Gasteiger partial charge in [-0.15, -0.1) is 0 Å². The van der Waals surface area contributed by atoms with Crippen molar-refractivity contribution in [3.8, 4) is 5.75 Å². The first kappa shape index (κ1) is 23.5. The molecular formula is C28H31N3O3. The number of hydrogen-bond donors (Lipinski definition) is 2. The number of methoxy groups -OCH3 is 1. The number of rotatable bonds is 11. The van der Waals surface area contributed by atoms with Crippen molar-refractivity contribution in [3.63, 3.8) is 0 Å². The van der Waals surface area contributed by atoms with Gasteiger partial charge in [-0.25, -0.2) is 4.98 Å². The second-order valence-corrected chi connectivity index (χ2v) is 8.59. The van der Waals surface area contributed by atoms with E-state index in [9.17, 15) is 9.59 Å². The van der Waals surface area contributed by atoms with Gasteiger partial charge in [0.2, 0.25) is 5.91 Å². The average molecular weight is 458 g/mol. The first-order chi connectivity index (χ1) is 16.6.